The van der Waals surface area contributed by atoms with E-state index in [-0.39, 0.29) is 0 Å². The molecule has 0 aliphatic heterocycles. The molecule has 1 aromatic rings. The van der Waals surface area contributed by atoms with Crippen LogP contribution < -0.4 is 5.32 Å². The van der Waals surface area contributed by atoms with Gasteiger partial charge in [0.15, 0.2) is 0 Å². The maximum Gasteiger partial charge on any atom is 0.0242 e. The highest BCUT2D eigenvalue weighted by molar-refractivity contribution is 9.10. The molecule has 1 N–H and O–H groups in total. The molecule has 2 nitrogen and oxygen atoms in total. The zero-order valence-corrected chi connectivity index (χ0v) is 13.8. The van der Waals surface area contributed by atoms with Crippen molar-refractivity contribution >= 4 is 15.9 Å². The largest absolute Gasteiger partial charge is 0.316 e. The zero-order valence-electron chi connectivity index (χ0n) is 12.2. The van der Waals surface area contributed by atoms with Gasteiger partial charge in [0, 0.05) is 24.1 Å². The lowest BCUT2D eigenvalue weighted by molar-refractivity contribution is 0.220. The predicted octanol–water partition coefficient (Wildman–Crippen LogP) is 3.65. The van der Waals surface area contributed by atoms with Crippen molar-refractivity contribution in [1.29, 1.82) is 0 Å². The van der Waals surface area contributed by atoms with Crippen molar-refractivity contribution in [1.82, 2.24) is 10.2 Å². The molecule has 1 rings (SSSR count). The Morgan fingerprint density at radius 3 is 2.44 bits per heavy atom. The summed E-state index contributed by atoms with van der Waals surface area (Å²) >= 11 is 3.67. The molecule has 0 unspecified atom stereocenters. The topological polar surface area (TPSA) is 15.3 Å². The minimum atomic E-state index is 0.341. The molecule has 0 heterocycles. The molecule has 0 spiro atoms. The summed E-state index contributed by atoms with van der Waals surface area (Å²) in [6, 6.07) is 6.62. The van der Waals surface area contributed by atoms with E-state index in [4.69, 9.17) is 0 Å². The van der Waals surface area contributed by atoms with E-state index in [9.17, 15) is 0 Å². The Hall–Kier alpha value is -0.380. The maximum atomic E-state index is 3.67. The van der Waals surface area contributed by atoms with Gasteiger partial charge in [0.2, 0.25) is 0 Å². The van der Waals surface area contributed by atoms with Gasteiger partial charge in [-0.3, -0.25) is 0 Å². The van der Waals surface area contributed by atoms with Crippen molar-refractivity contribution in [2.75, 3.05) is 20.6 Å². The molecule has 0 aliphatic rings. The maximum absolute atomic E-state index is 3.67. The van der Waals surface area contributed by atoms with Crippen LogP contribution in [0.3, 0.4) is 0 Å². The number of hydrogen-bond acceptors (Lipinski definition) is 2. The van der Waals surface area contributed by atoms with Crippen molar-refractivity contribution in [3.05, 3.63) is 33.8 Å². The van der Waals surface area contributed by atoms with Crippen LogP contribution in [0, 0.1) is 5.41 Å². The first-order valence-electron chi connectivity index (χ1n) is 6.42. The molecule has 102 valence electrons. The second kappa shape index (κ2) is 6.69. The van der Waals surface area contributed by atoms with Crippen LogP contribution in [0.4, 0.5) is 0 Å². The van der Waals surface area contributed by atoms with Gasteiger partial charge in [-0.05, 0) is 36.7 Å². The Balaban J connectivity index is 2.67. The van der Waals surface area contributed by atoms with Gasteiger partial charge in [-0.1, -0.05) is 48.8 Å². The molecule has 0 aromatic heterocycles. The third-order valence-electron chi connectivity index (χ3n) is 2.68. The first-order chi connectivity index (χ1) is 8.31. The average molecular weight is 313 g/mol. The summed E-state index contributed by atoms with van der Waals surface area (Å²) in [5, 5.41) is 3.17. The lowest BCUT2D eigenvalue weighted by Gasteiger charge is -2.26. The van der Waals surface area contributed by atoms with Gasteiger partial charge in [-0.2, -0.15) is 0 Å². The van der Waals surface area contributed by atoms with E-state index >= 15 is 0 Å². The van der Waals surface area contributed by atoms with Gasteiger partial charge < -0.3 is 10.2 Å². The smallest absolute Gasteiger partial charge is 0.0242 e. The molecule has 3 heteroatoms. The van der Waals surface area contributed by atoms with Gasteiger partial charge in [0.25, 0.3) is 0 Å². The minimum Gasteiger partial charge on any atom is -0.316 e. The van der Waals surface area contributed by atoms with E-state index in [1.807, 2.05) is 7.05 Å². The van der Waals surface area contributed by atoms with E-state index in [1.54, 1.807) is 0 Å². The molecule has 0 fully saturated rings. The van der Waals surface area contributed by atoms with Crippen LogP contribution in [0.5, 0.6) is 0 Å². The lowest BCUT2D eigenvalue weighted by Crippen LogP contribution is -2.29. The molecule has 0 aliphatic carbocycles. The van der Waals surface area contributed by atoms with E-state index in [0.717, 1.165) is 19.6 Å². The summed E-state index contributed by atoms with van der Waals surface area (Å²) in [4.78, 5) is 2.37. The third kappa shape index (κ3) is 5.51. The van der Waals surface area contributed by atoms with Crippen LogP contribution in [0.1, 0.15) is 31.9 Å². The Kier molecular flexibility index (Phi) is 5.83. The summed E-state index contributed by atoms with van der Waals surface area (Å²) in [6.45, 7) is 9.81. The minimum absolute atomic E-state index is 0.341. The van der Waals surface area contributed by atoms with Crippen molar-refractivity contribution in [3.8, 4) is 0 Å². The van der Waals surface area contributed by atoms with Crippen LogP contribution in [0.25, 0.3) is 0 Å². The summed E-state index contributed by atoms with van der Waals surface area (Å²) in [5.74, 6) is 0. The fourth-order valence-electron chi connectivity index (χ4n) is 2.19. The fraction of sp³-hybridized carbons (Fsp3) is 0.600. The normalized spacial score (nSPS) is 12.2. The number of nitrogens with one attached hydrogen (secondary N) is 1. The van der Waals surface area contributed by atoms with Gasteiger partial charge in [-0.25, -0.2) is 0 Å². The summed E-state index contributed by atoms with van der Waals surface area (Å²) in [5.41, 5.74) is 3.00. The molecule has 0 radical (unpaired) electrons. The molecular formula is C15H25BrN2. The SMILES string of the molecule is CNCc1ccc(CN(C)CC(C)(C)C)c(Br)c1. The van der Waals surface area contributed by atoms with Crippen molar-refractivity contribution in [2.45, 2.75) is 33.9 Å². The van der Waals surface area contributed by atoms with Gasteiger partial charge in [0.1, 0.15) is 0 Å². The summed E-state index contributed by atoms with van der Waals surface area (Å²) in [6.07, 6.45) is 0. The first kappa shape index (κ1) is 15.7. The number of hydrogen-bond donors (Lipinski definition) is 1. The number of halogens is 1. The Bertz CT molecular complexity index is 383. The van der Waals surface area contributed by atoms with Crippen LogP contribution in [-0.2, 0) is 13.1 Å². The molecule has 0 saturated heterocycles. The fourth-order valence-corrected chi connectivity index (χ4v) is 2.74. The van der Waals surface area contributed by atoms with Gasteiger partial charge in [0.05, 0.1) is 0 Å². The number of nitrogens with zero attached hydrogens (tertiary/aromatic N) is 1. The van der Waals surface area contributed by atoms with Crippen LogP contribution in [0.2, 0.25) is 0 Å². The second-order valence-corrected chi connectivity index (χ2v) is 7.04. The van der Waals surface area contributed by atoms with Gasteiger partial charge in [-0.15, -0.1) is 0 Å². The summed E-state index contributed by atoms with van der Waals surface area (Å²) < 4.78 is 1.20. The monoisotopic (exact) mass is 312 g/mol. The number of rotatable bonds is 5. The van der Waals surface area contributed by atoms with E-state index in [0.29, 0.717) is 5.41 Å². The molecule has 0 atom stereocenters. The molecular weight excluding hydrogens is 288 g/mol. The summed E-state index contributed by atoms with van der Waals surface area (Å²) in [7, 11) is 4.15. The van der Waals surface area contributed by atoms with Crippen molar-refractivity contribution in [2.24, 2.45) is 5.41 Å². The van der Waals surface area contributed by atoms with Crippen molar-refractivity contribution in [3.63, 3.8) is 0 Å². The second-order valence-electron chi connectivity index (χ2n) is 6.19. The Labute approximate surface area is 120 Å². The first-order valence-corrected chi connectivity index (χ1v) is 7.21. The van der Waals surface area contributed by atoms with Gasteiger partial charge >= 0.3 is 0 Å². The van der Waals surface area contributed by atoms with Crippen molar-refractivity contribution < 1.29 is 0 Å². The zero-order chi connectivity index (χ0) is 13.8. The van der Waals surface area contributed by atoms with Crippen LogP contribution in [-0.4, -0.2) is 25.5 Å². The molecule has 18 heavy (non-hydrogen) atoms. The van der Waals surface area contributed by atoms with Crippen LogP contribution in [0.15, 0.2) is 22.7 Å². The predicted molar refractivity (Wildman–Crippen MR) is 82.7 cm³/mol. The van der Waals surface area contributed by atoms with E-state index in [1.165, 1.54) is 15.6 Å². The molecule has 0 amide bonds. The van der Waals surface area contributed by atoms with E-state index < -0.39 is 0 Å². The standard InChI is InChI=1S/C15H25BrN2/c1-15(2,3)11-18(5)10-13-7-6-12(9-17-4)8-14(13)16/h6-8,17H,9-11H2,1-5H3. The molecule has 1 aromatic carbocycles. The molecule has 0 bridgehead atoms. The highest BCUT2D eigenvalue weighted by Crippen LogP contribution is 2.22. The number of benzene rings is 1. The Morgan fingerprint density at radius 2 is 1.94 bits per heavy atom. The molecule has 0 saturated carbocycles. The third-order valence-corrected chi connectivity index (χ3v) is 3.42. The lowest BCUT2D eigenvalue weighted by atomic mass is 9.96. The Morgan fingerprint density at radius 1 is 1.28 bits per heavy atom. The average Bonchev–Trinajstić information content (AvgIpc) is 2.20. The quantitative estimate of drug-likeness (QED) is 0.893. The highest BCUT2D eigenvalue weighted by atomic mass is 79.9. The highest BCUT2D eigenvalue weighted by Gasteiger charge is 2.14. The van der Waals surface area contributed by atoms with E-state index in [2.05, 4.69) is 72.2 Å². The van der Waals surface area contributed by atoms with Crippen LogP contribution >= 0.6 is 15.9 Å².